The molecule has 0 radical (unpaired) electrons. The number of hydrogen-bond donors (Lipinski definition) is 2. The van der Waals surface area contributed by atoms with Crippen molar-refractivity contribution >= 4 is 39.4 Å². The van der Waals surface area contributed by atoms with Gasteiger partial charge in [0.05, 0.1) is 12.5 Å². The zero-order valence-electron chi connectivity index (χ0n) is 19.8. The number of aryl methyl sites for hydroxylation is 1. The Kier molecular flexibility index (Phi) is 6.77. The van der Waals surface area contributed by atoms with Crippen molar-refractivity contribution in [2.45, 2.75) is 33.2 Å². The lowest BCUT2D eigenvalue weighted by atomic mass is 10.1. The third-order valence-electron chi connectivity index (χ3n) is 5.64. The average Bonchev–Trinajstić information content (AvgIpc) is 2.83. The van der Waals surface area contributed by atoms with Gasteiger partial charge in [0.15, 0.2) is 11.3 Å². The van der Waals surface area contributed by atoms with Crippen LogP contribution < -0.4 is 16.0 Å². The molecule has 1 aliphatic carbocycles. The van der Waals surface area contributed by atoms with Crippen LogP contribution in [0.2, 0.25) is 0 Å². The summed E-state index contributed by atoms with van der Waals surface area (Å²) in [6, 6.07) is 13.1. The van der Waals surface area contributed by atoms with Crippen molar-refractivity contribution in [1.29, 1.82) is 0 Å². The number of nitrogens with one attached hydrogen (secondary N) is 2. The largest absolute Gasteiger partial charge is 0.467 e. The van der Waals surface area contributed by atoms with Gasteiger partial charge in [-0.3, -0.25) is 9.79 Å². The number of anilines is 1. The minimum atomic E-state index is -0.690. The first-order valence-corrected chi connectivity index (χ1v) is 11.3. The first-order valence-electron chi connectivity index (χ1n) is 11.3. The fourth-order valence-corrected chi connectivity index (χ4v) is 3.94. The highest BCUT2D eigenvalue weighted by Crippen LogP contribution is 2.34. The smallest absolute Gasteiger partial charge is 0.328 e. The van der Waals surface area contributed by atoms with Crippen LogP contribution in [0.4, 0.5) is 5.69 Å². The van der Waals surface area contributed by atoms with Gasteiger partial charge in [0.2, 0.25) is 5.91 Å². The normalized spacial score (nSPS) is 12.8. The third kappa shape index (κ3) is 4.71. The molecule has 176 valence electrons. The standard InChI is InChI=1S/C26H28N4O4/c1-5-27-19-13-22-21(12-15(19)2)30-25-18-9-7-6-8-17(18)20(14-23(25)34-22)28-11-10-24(31)29-16(3)26(32)33-4/h6-9,12-14,16,28H,5,10-11H2,1-4H3,(H,29,31). The first-order chi connectivity index (χ1) is 16.4. The number of aromatic nitrogens is 1. The molecular formula is C26H28N4O4. The second-order valence-corrected chi connectivity index (χ2v) is 8.10. The molecule has 34 heavy (non-hydrogen) atoms. The van der Waals surface area contributed by atoms with Crippen molar-refractivity contribution < 1.29 is 18.7 Å². The Labute approximate surface area is 197 Å². The van der Waals surface area contributed by atoms with Crippen LogP contribution in [0.1, 0.15) is 25.8 Å². The third-order valence-corrected chi connectivity index (χ3v) is 5.64. The van der Waals surface area contributed by atoms with E-state index in [1.54, 1.807) is 6.92 Å². The Morgan fingerprint density at radius 3 is 2.68 bits per heavy atom. The van der Waals surface area contributed by atoms with Gasteiger partial charge in [0.1, 0.15) is 17.3 Å². The van der Waals surface area contributed by atoms with Crippen LogP contribution in [0, 0.1) is 6.92 Å². The Bertz CT molecular complexity index is 1410. The summed E-state index contributed by atoms with van der Waals surface area (Å²) in [5.41, 5.74) is 4.09. The minimum absolute atomic E-state index is 0.196. The maximum absolute atomic E-state index is 12.2. The molecule has 2 aliphatic rings. The number of carbonyl (C=O) groups is 2. The van der Waals surface area contributed by atoms with Crippen LogP contribution in [0.15, 0.2) is 51.9 Å². The van der Waals surface area contributed by atoms with E-state index < -0.39 is 12.0 Å². The highest BCUT2D eigenvalue weighted by atomic mass is 16.5. The lowest BCUT2D eigenvalue weighted by Crippen LogP contribution is -2.39. The summed E-state index contributed by atoms with van der Waals surface area (Å²) in [6.07, 6.45) is 0.196. The second-order valence-electron chi connectivity index (χ2n) is 8.10. The Morgan fingerprint density at radius 1 is 1.18 bits per heavy atom. The Hall–Kier alpha value is -3.94. The molecule has 4 rings (SSSR count). The molecule has 2 aromatic carbocycles. The van der Waals surface area contributed by atoms with Crippen LogP contribution >= 0.6 is 0 Å². The number of benzene rings is 3. The van der Waals surface area contributed by atoms with E-state index in [-0.39, 0.29) is 12.3 Å². The molecular weight excluding hydrogens is 432 g/mol. The SMILES string of the molecule is CCN=c1cc2oc3cc(NCCC(=O)NC(C)C(=O)OC)c4ccccc4c3nc-2cc1C. The molecule has 1 heterocycles. The van der Waals surface area contributed by atoms with E-state index in [0.717, 1.165) is 38.6 Å². The molecule has 1 aliphatic heterocycles. The van der Waals surface area contributed by atoms with Crippen molar-refractivity contribution in [3.63, 3.8) is 0 Å². The van der Waals surface area contributed by atoms with Crippen molar-refractivity contribution in [2.24, 2.45) is 4.99 Å². The predicted octanol–water partition coefficient (Wildman–Crippen LogP) is 3.79. The van der Waals surface area contributed by atoms with Gasteiger partial charge in [-0.15, -0.1) is 0 Å². The van der Waals surface area contributed by atoms with Crippen LogP contribution in [-0.4, -0.2) is 43.1 Å². The fraction of sp³-hybridized carbons (Fsp3) is 0.308. The van der Waals surface area contributed by atoms with Crippen LogP contribution in [-0.2, 0) is 14.3 Å². The molecule has 0 fully saturated rings. The predicted molar refractivity (Wildman–Crippen MR) is 132 cm³/mol. The van der Waals surface area contributed by atoms with Gasteiger partial charge in [-0.25, -0.2) is 9.78 Å². The van der Waals surface area contributed by atoms with Crippen molar-refractivity contribution in [3.8, 4) is 11.5 Å². The van der Waals surface area contributed by atoms with Gasteiger partial charge >= 0.3 is 5.97 Å². The van der Waals surface area contributed by atoms with Crippen molar-refractivity contribution in [3.05, 3.63) is 53.4 Å². The molecule has 2 aromatic rings. The molecule has 1 amide bonds. The number of ether oxygens (including phenoxy) is 1. The maximum atomic E-state index is 12.2. The molecule has 1 atom stereocenters. The van der Waals surface area contributed by atoms with E-state index in [2.05, 4.69) is 20.4 Å². The van der Waals surface area contributed by atoms with E-state index in [0.29, 0.717) is 24.4 Å². The lowest BCUT2D eigenvalue weighted by Gasteiger charge is -2.15. The summed E-state index contributed by atoms with van der Waals surface area (Å²) in [5, 5.41) is 8.80. The number of hydrogen-bond acceptors (Lipinski definition) is 7. The van der Waals surface area contributed by atoms with E-state index in [1.165, 1.54) is 7.11 Å². The summed E-state index contributed by atoms with van der Waals surface area (Å²) in [4.78, 5) is 33.1. The van der Waals surface area contributed by atoms with Crippen molar-refractivity contribution in [1.82, 2.24) is 10.3 Å². The summed E-state index contributed by atoms with van der Waals surface area (Å²) in [5.74, 6) is -0.0496. The van der Waals surface area contributed by atoms with Gasteiger partial charge in [-0.05, 0) is 32.4 Å². The molecule has 8 heteroatoms. The molecule has 2 N–H and O–H groups in total. The van der Waals surface area contributed by atoms with Crippen molar-refractivity contribution in [2.75, 3.05) is 25.5 Å². The molecule has 1 unspecified atom stereocenters. The topological polar surface area (TPSA) is 106 Å². The van der Waals surface area contributed by atoms with Crippen LogP contribution in [0.5, 0.6) is 0 Å². The number of esters is 1. The lowest BCUT2D eigenvalue weighted by molar-refractivity contribution is -0.144. The number of rotatable bonds is 7. The Morgan fingerprint density at radius 2 is 1.94 bits per heavy atom. The van der Waals surface area contributed by atoms with Gasteiger partial charge in [-0.1, -0.05) is 24.3 Å². The summed E-state index contributed by atoms with van der Waals surface area (Å²) in [7, 11) is 1.29. The quantitative estimate of drug-likeness (QED) is 0.247. The number of carbonyl (C=O) groups excluding carboxylic acids is 2. The minimum Gasteiger partial charge on any atom is -0.467 e. The summed E-state index contributed by atoms with van der Waals surface area (Å²) in [6.45, 7) is 6.69. The number of methoxy groups -OCH3 is 1. The average molecular weight is 461 g/mol. The van der Waals surface area contributed by atoms with E-state index in [9.17, 15) is 9.59 Å². The zero-order chi connectivity index (χ0) is 24.2. The second kappa shape index (κ2) is 9.91. The van der Waals surface area contributed by atoms with Gasteiger partial charge in [0.25, 0.3) is 0 Å². The summed E-state index contributed by atoms with van der Waals surface area (Å²) >= 11 is 0. The van der Waals surface area contributed by atoms with Gasteiger partial charge in [0, 0.05) is 48.1 Å². The molecule has 0 bridgehead atoms. The maximum Gasteiger partial charge on any atom is 0.328 e. The van der Waals surface area contributed by atoms with Crippen LogP contribution in [0.3, 0.4) is 0 Å². The highest BCUT2D eigenvalue weighted by molar-refractivity contribution is 6.10. The molecule has 0 saturated carbocycles. The highest BCUT2D eigenvalue weighted by Gasteiger charge is 2.17. The monoisotopic (exact) mass is 460 g/mol. The number of amides is 1. The van der Waals surface area contributed by atoms with Crippen LogP contribution in [0.25, 0.3) is 33.3 Å². The number of nitrogens with zero attached hydrogens (tertiary/aromatic N) is 2. The number of fused-ring (bicyclic) bond motifs is 4. The molecule has 0 spiro atoms. The van der Waals surface area contributed by atoms with E-state index in [1.807, 2.05) is 56.3 Å². The molecule has 0 saturated heterocycles. The molecule has 8 nitrogen and oxygen atoms in total. The summed E-state index contributed by atoms with van der Waals surface area (Å²) < 4.78 is 10.9. The van der Waals surface area contributed by atoms with Gasteiger partial charge in [-0.2, -0.15) is 0 Å². The molecule has 0 aromatic heterocycles. The fourth-order valence-electron chi connectivity index (χ4n) is 3.94. The van der Waals surface area contributed by atoms with E-state index >= 15 is 0 Å². The first kappa shape index (κ1) is 23.2. The van der Waals surface area contributed by atoms with Gasteiger partial charge < -0.3 is 19.8 Å². The zero-order valence-corrected chi connectivity index (χ0v) is 19.8. The van der Waals surface area contributed by atoms with E-state index in [4.69, 9.17) is 9.40 Å². The Balaban J connectivity index is 1.67.